The molecule has 0 saturated heterocycles. The van der Waals surface area contributed by atoms with Crippen molar-refractivity contribution in [3.63, 3.8) is 0 Å². The van der Waals surface area contributed by atoms with Crippen molar-refractivity contribution in [2.24, 2.45) is 23.7 Å². The van der Waals surface area contributed by atoms with Crippen molar-refractivity contribution in [2.45, 2.75) is 39.0 Å². The number of carbonyl (C=O) groups excluding carboxylic acids is 1. The van der Waals surface area contributed by atoms with Crippen LogP contribution < -0.4 is 4.74 Å². The SMILES string of the molecule is CCc1ccc(Oc2ccc(C#N)cc2)cc1C1=C(O)C2C(C1=O)[C@H]1CC[C@@H]2CC1. The fourth-order valence-electron chi connectivity index (χ4n) is 5.84. The Bertz CT molecular complexity index is 1070. The van der Waals surface area contributed by atoms with Crippen LogP contribution in [0.4, 0.5) is 0 Å². The highest BCUT2D eigenvalue weighted by atomic mass is 16.5. The van der Waals surface area contributed by atoms with Gasteiger partial charge in [0.2, 0.25) is 0 Å². The predicted molar refractivity (Wildman–Crippen MR) is 114 cm³/mol. The zero-order valence-corrected chi connectivity index (χ0v) is 17.1. The molecule has 2 aromatic rings. The van der Waals surface area contributed by atoms with E-state index in [0.717, 1.165) is 43.2 Å². The fraction of sp³-hybridized carbons (Fsp3) is 0.385. The van der Waals surface area contributed by atoms with Crippen LogP contribution in [0.2, 0.25) is 0 Å². The summed E-state index contributed by atoms with van der Waals surface area (Å²) in [6.07, 6.45) is 5.25. The number of hydrogen-bond acceptors (Lipinski definition) is 4. The Morgan fingerprint density at radius 1 is 1.00 bits per heavy atom. The molecule has 0 radical (unpaired) electrons. The lowest BCUT2D eigenvalue weighted by Crippen LogP contribution is -2.41. The molecule has 2 aromatic carbocycles. The molecule has 152 valence electrons. The summed E-state index contributed by atoms with van der Waals surface area (Å²) in [5.74, 6) is 2.50. The van der Waals surface area contributed by atoms with Gasteiger partial charge in [-0.3, -0.25) is 4.79 Å². The molecule has 4 heteroatoms. The van der Waals surface area contributed by atoms with Crippen LogP contribution in [0.3, 0.4) is 0 Å². The van der Waals surface area contributed by atoms with E-state index >= 15 is 0 Å². The zero-order chi connectivity index (χ0) is 20.8. The van der Waals surface area contributed by atoms with E-state index in [1.807, 2.05) is 18.2 Å². The highest BCUT2D eigenvalue weighted by Gasteiger charge is 2.54. The number of hydrogen-bond donors (Lipinski definition) is 1. The van der Waals surface area contributed by atoms with E-state index in [4.69, 9.17) is 10.00 Å². The monoisotopic (exact) mass is 399 g/mol. The minimum Gasteiger partial charge on any atom is -0.511 e. The third-order valence-corrected chi connectivity index (χ3v) is 7.29. The highest BCUT2D eigenvalue weighted by Crippen LogP contribution is 2.57. The molecule has 1 N–H and O–H groups in total. The Morgan fingerprint density at radius 3 is 2.23 bits per heavy atom. The number of carbonyl (C=O) groups is 1. The van der Waals surface area contributed by atoms with E-state index in [-0.39, 0.29) is 17.6 Å². The third kappa shape index (κ3) is 2.92. The molecule has 4 nitrogen and oxygen atoms in total. The molecule has 6 rings (SSSR count). The normalized spacial score (nSPS) is 27.1. The Kier molecular flexibility index (Phi) is 4.62. The zero-order valence-electron chi connectivity index (χ0n) is 17.1. The number of ether oxygens (including phenoxy) is 1. The Balaban J connectivity index is 1.52. The van der Waals surface area contributed by atoms with Crippen LogP contribution in [0, 0.1) is 35.0 Å². The Labute approximate surface area is 176 Å². The smallest absolute Gasteiger partial charge is 0.170 e. The number of allylic oxidation sites excluding steroid dienone is 2. The second-order valence-corrected chi connectivity index (χ2v) is 8.76. The molecule has 0 aliphatic heterocycles. The summed E-state index contributed by atoms with van der Waals surface area (Å²) >= 11 is 0. The maximum atomic E-state index is 13.5. The molecule has 4 aliphatic carbocycles. The summed E-state index contributed by atoms with van der Waals surface area (Å²) in [5, 5.41) is 20.1. The predicted octanol–water partition coefficient (Wildman–Crippen LogP) is 5.82. The van der Waals surface area contributed by atoms with Crippen molar-refractivity contribution in [3.8, 4) is 17.6 Å². The molecule has 3 fully saturated rings. The minimum atomic E-state index is -0.0414. The molecular formula is C26H25NO3. The van der Waals surface area contributed by atoms with Gasteiger partial charge in [-0.15, -0.1) is 0 Å². The number of nitrogens with zero attached hydrogens (tertiary/aromatic N) is 1. The molecule has 0 amide bonds. The van der Waals surface area contributed by atoms with Gasteiger partial charge in [0, 0.05) is 11.8 Å². The molecular weight excluding hydrogens is 374 g/mol. The summed E-state index contributed by atoms with van der Waals surface area (Å²) in [7, 11) is 0. The quantitative estimate of drug-likeness (QED) is 0.703. The molecule has 0 heterocycles. The van der Waals surface area contributed by atoms with Crippen LogP contribution in [-0.4, -0.2) is 10.9 Å². The van der Waals surface area contributed by atoms with Gasteiger partial charge in [-0.05, 0) is 91.5 Å². The molecule has 2 atom stereocenters. The first kappa shape index (κ1) is 18.9. The van der Waals surface area contributed by atoms with Crippen LogP contribution in [0.5, 0.6) is 11.5 Å². The molecule has 2 unspecified atom stereocenters. The Hall–Kier alpha value is -3.06. The molecule has 0 aromatic heterocycles. The van der Waals surface area contributed by atoms with Gasteiger partial charge in [-0.1, -0.05) is 13.0 Å². The summed E-state index contributed by atoms with van der Waals surface area (Å²) < 4.78 is 6.00. The first-order chi connectivity index (χ1) is 14.6. The van der Waals surface area contributed by atoms with Gasteiger partial charge in [-0.25, -0.2) is 0 Å². The Morgan fingerprint density at radius 2 is 1.63 bits per heavy atom. The third-order valence-electron chi connectivity index (χ3n) is 7.29. The van der Waals surface area contributed by atoms with Crippen LogP contribution in [0.25, 0.3) is 5.57 Å². The minimum absolute atomic E-state index is 0.00723. The van der Waals surface area contributed by atoms with E-state index < -0.39 is 0 Å². The van der Waals surface area contributed by atoms with E-state index in [2.05, 4.69) is 13.0 Å². The van der Waals surface area contributed by atoms with Gasteiger partial charge in [0.25, 0.3) is 0 Å². The second kappa shape index (κ2) is 7.32. The lowest BCUT2D eigenvalue weighted by atomic mass is 9.59. The summed E-state index contributed by atoms with van der Waals surface area (Å²) in [6, 6.07) is 14.8. The van der Waals surface area contributed by atoms with Gasteiger partial charge >= 0.3 is 0 Å². The van der Waals surface area contributed by atoms with Crippen molar-refractivity contribution in [3.05, 3.63) is 64.9 Å². The highest BCUT2D eigenvalue weighted by molar-refractivity contribution is 6.25. The van der Waals surface area contributed by atoms with Gasteiger partial charge in [0.1, 0.15) is 17.3 Å². The van der Waals surface area contributed by atoms with E-state index in [0.29, 0.717) is 40.2 Å². The number of aliphatic hydroxyl groups excluding tert-OH is 1. The number of nitriles is 1. The van der Waals surface area contributed by atoms with Crippen molar-refractivity contribution in [1.29, 1.82) is 5.26 Å². The van der Waals surface area contributed by atoms with E-state index in [9.17, 15) is 9.90 Å². The lowest BCUT2D eigenvalue weighted by Gasteiger charge is -2.44. The molecule has 0 spiro atoms. The number of Topliss-reactive ketones (excluding diaryl/α,β-unsaturated/α-hetero) is 1. The van der Waals surface area contributed by atoms with Crippen LogP contribution in [0.15, 0.2) is 48.2 Å². The maximum Gasteiger partial charge on any atom is 0.170 e. The number of fused-ring (bicyclic) bond motifs is 2. The molecule has 4 aliphatic rings. The van der Waals surface area contributed by atoms with Crippen LogP contribution in [0.1, 0.15) is 49.3 Å². The maximum absolute atomic E-state index is 13.5. The number of benzene rings is 2. The largest absolute Gasteiger partial charge is 0.511 e. The topological polar surface area (TPSA) is 70.3 Å². The van der Waals surface area contributed by atoms with Crippen LogP contribution in [-0.2, 0) is 11.2 Å². The summed E-state index contributed by atoms with van der Waals surface area (Å²) in [5.41, 5.74) is 2.95. The molecule has 30 heavy (non-hydrogen) atoms. The van der Waals surface area contributed by atoms with Gasteiger partial charge in [-0.2, -0.15) is 5.26 Å². The lowest BCUT2D eigenvalue weighted by molar-refractivity contribution is -0.123. The van der Waals surface area contributed by atoms with E-state index in [1.54, 1.807) is 24.3 Å². The summed E-state index contributed by atoms with van der Waals surface area (Å²) in [4.78, 5) is 13.5. The van der Waals surface area contributed by atoms with Crippen molar-refractivity contribution in [2.75, 3.05) is 0 Å². The standard InChI is InChI=1S/C26H25NO3/c1-2-16-9-12-20(30-19-10-3-15(14-27)4-11-19)13-21(16)24-25(28)22-17-5-6-18(8-7-17)23(22)26(24)29/h3-4,9-13,17-18,22-23,28H,2,5-8H2,1H3/t17-,18+,22?,23?. The second-order valence-electron chi connectivity index (χ2n) is 8.76. The van der Waals surface area contributed by atoms with Gasteiger partial charge < -0.3 is 9.84 Å². The average Bonchev–Trinajstić information content (AvgIpc) is 3.07. The number of aryl methyl sites for hydroxylation is 1. The van der Waals surface area contributed by atoms with Crippen molar-refractivity contribution >= 4 is 11.4 Å². The molecule has 3 saturated carbocycles. The fourth-order valence-corrected chi connectivity index (χ4v) is 5.84. The van der Waals surface area contributed by atoms with Gasteiger partial charge in [0.05, 0.1) is 17.2 Å². The molecule has 2 bridgehead atoms. The van der Waals surface area contributed by atoms with E-state index in [1.165, 1.54) is 0 Å². The number of ketones is 1. The number of aliphatic hydroxyl groups is 1. The van der Waals surface area contributed by atoms with Crippen molar-refractivity contribution in [1.82, 2.24) is 0 Å². The average molecular weight is 399 g/mol. The number of rotatable bonds is 4. The summed E-state index contributed by atoms with van der Waals surface area (Å²) in [6.45, 7) is 2.06. The van der Waals surface area contributed by atoms with Crippen LogP contribution >= 0.6 is 0 Å². The van der Waals surface area contributed by atoms with Gasteiger partial charge in [0.15, 0.2) is 5.78 Å². The first-order valence-corrected chi connectivity index (χ1v) is 10.9. The van der Waals surface area contributed by atoms with Crippen molar-refractivity contribution < 1.29 is 14.6 Å². The first-order valence-electron chi connectivity index (χ1n) is 10.9.